The first-order chi connectivity index (χ1) is 16.4. The van der Waals surface area contributed by atoms with Gasteiger partial charge in [0.05, 0.1) is 17.6 Å². The fourth-order valence-electron chi connectivity index (χ4n) is 3.43. The number of sulfonamides is 1. The molecule has 0 spiro atoms. The molecule has 1 aliphatic heterocycles. The Balaban J connectivity index is 1.70. The van der Waals surface area contributed by atoms with Gasteiger partial charge in [0.25, 0.3) is 15.9 Å². The van der Waals surface area contributed by atoms with E-state index in [4.69, 9.17) is 4.74 Å². The summed E-state index contributed by atoms with van der Waals surface area (Å²) >= 11 is 3.30. The second kappa shape index (κ2) is 8.93. The summed E-state index contributed by atoms with van der Waals surface area (Å²) in [6.07, 6.45) is -3.16. The average molecular weight is 569 g/mol. The molecule has 0 radical (unpaired) electrons. The molecule has 0 fully saturated rings. The zero-order chi connectivity index (χ0) is 25.5. The first-order valence-corrected chi connectivity index (χ1v) is 12.1. The SMILES string of the molecule is COc1cc(Br)cc(C=C2C(=O)Nc3ccc(S(=O)(=O)Nc4ccc(C(F)(F)F)cc4)cc32)c1O. The number of nitrogens with one attached hydrogen (secondary N) is 2. The molecule has 1 amide bonds. The van der Waals surface area contributed by atoms with Gasteiger partial charge in [0.1, 0.15) is 0 Å². The van der Waals surface area contributed by atoms with Gasteiger partial charge in [-0.1, -0.05) is 15.9 Å². The van der Waals surface area contributed by atoms with Crippen molar-refractivity contribution in [3.8, 4) is 11.5 Å². The third-order valence-corrected chi connectivity index (χ3v) is 6.97. The minimum atomic E-state index is -4.55. The molecule has 35 heavy (non-hydrogen) atoms. The van der Waals surface area contributed by atoms with E-state index in [0.29, 0.717) is 10.2 Å². The number of hydrogen-bond acceptors (Lipinski definition) is 5. The van der Waals surface area contributed by atoms with Crippen molar-refractivity contribution < 1.29 is 36.2 Å². The van der Waals surface area contributed by atoms with Crippen LogP contribution in [0.3, 0.4) is 0 Å². The first kappa shape index (κ1) is 24.6. The first-order valence-electron chi connectivity index (χ1n) is 9.83. The molecule has 182 valence electrons. The number of methoxy groups -OCH3 is 1. The molecule has 3 N–H and O–H groups in total. The van der Waals surface area contributed by atoms with Gasteiger partial charge in [0.15, 0.2) is 11.5 Å². The van der Waals surface area contributed by atoms with Crippen LogP contribution in [-0.2, 0) is 21.0 Å². The standard InChI is InChI=1S/C23H16BrF3N2O5S/c1-34-20-10-14(24)8-12(21(20)30)9-18-17-11-16(6-7-19(17)28-22(18)31)35(32,33)29-15-4-2-13(3-5-15)23(25,26)27/h2-11,29-30H,1H3,(H,28,31). The maximum Gasteiger partial charge on any atom is 0.416 e. The van der Waals surface area contributed by atoms with E-state index in [9.17, 15) is 31.5 Å². The lowest BCUT2D eigenvalue weighted by molar-refractivity contribution is -0.137. The van der Waals surface area contributed by atoms with Crippen LogP contribution in [0.25, 0.3) is 11.6 Å². The van der Waals surface area contributed by atoms with E-state index in [0.717, 1.165) is 24.3 Å². The van der Waals surface area contributed by atoms with Crippen molar-refractivity contribution in [2.45, 2.75) is 11.1 Å². The Kier molecular flexibility index (Phi) is 6.28. The topological polar surface area (TPSA) is 105 Å². The van der Waals surface area contributed by atoms with E-state index in [1.807, 2.05) is 0 Å². The quantitative estimate of drug-likeness (QED) is 0.354. The Morgan fingerprint density at radius 3 is 2.40 bits per heavy atom. The van der Waals surface area contributed by atoms with Crippen LogP contribution in [0.4, 0.5) is 24.5 Å². The van der Waals surface area contributed by atoms with Crippen molar-refractivity contribution in [2.75, 3.05) is 17.1 Å². The molecular weight excluding hydrogens is 553 g/mol. The number of carbonyl (C=O) groups is 1. The molecule has 0 aliphatic carbocycles. The van der Waals surface area contributed by atoms with E-state index >= 15 is 0 Å². The molecule has 0 unspecified atom stereocenters. The third-order valence-electron chi connectivity index (χ3n) is 5.14. The fourth-order valence-corrected chi connectivity index (χ4v) is 4.97. The molecule has 0 bridgehead atoms. The molecule has 12 heteroatoms. The van der Waals surface area contributed by atoms with Crippen LogP contribution in [0, 0.1) is 0 Å². The van der Waals surface area contributed by atoms with Crippen LogP contribution >= 0.6 is 15.9 Å². The van der Waals surface area contributed by atoms with Crippen molar-refractivity contribution in [2.24, 2.45) is 0 Å². The molecule has 0 saturated carbocycles. The van der Waals surface area contributed by atoms with Crippen molar-refractivity contribution in [1.82, 2.24) is 0 Å². The highest BCUT2D eigenvalue weighted by molar-refractivity contribution is 9.10. The van der Waals surface area contributed by atoms with Gasteiger partial charge in [0, 0.05) is 32.5 Å². The van der Waals surface area contributed by atoms with Crippen LogP contribution in [0.1, 0.15) is 16.7 Å². The highest BCUT2D eigenvalue weighted by Crippen LogP contribution is 2.39. The lowest BCUT2D eigenvalue weighted by Gasteiger charge is -2.11. The van der Waals surface area contributed by atoms with Gasteiger partial charge in [-0.25, -0.2) is 8.42 Å². The Morgan fingerprint density at radius 1 is 1.09 bits per heavy atom. The van der Waals surface area contributed by atoms with Gasteiger partial charge in [-0.05, 0) is 60.7 Å². The van der Waals surface area contributed by atoms with Crippen molar-refractivity contribution in [3.05, 3.63) is 75.8 Å². The number of ether oxygens (including phenoxy) is 1. The summed E-state index contributed by atoms with van der Waals surface area (Å²) in [5.74, 6) is -0.553. The summed E-state index contributed by atoms with van der Waals surface area (Å²) < 4.78 is 72.0. The highest BCUT2D eigenvalue weighted by Gasteiger charge is 2.30. The number of alkyl halides is 3. The van der Waals surface area contributed by atoms with Crippen molar-refractivity contribution in [3.63, 3.8) is 0 Å². The minimum Gasteiger partial charge on any atom is -0.504 e. The molecule has 0 saturated heterocycles. The number of carbonyl (C=O) groups excluding carboxylic acids is 1. The number of hydrogen-bond donors (Lipinski definition) is 3. The van der Waals surface area contributed by atoms with Gasteiger partial charge in [-0.15, -0.1) is 0 Å². The van der Waals surface area contributed by atoms with Gasteiger partial charge in [-0.2, -0.15) is 13.2 Å². The number of aromatic hydroxyl groups is 1. The smallest absolute Gasteiger partial charge is 0.416 e. The molecule has 0 aromatic heterocycles. The van der Waals surface area contributed by atoms with E-state index in [1.165, 1.54) is 37.5 Å². The molecule has 4 rings (SSSR count). The number of phenols is 1. The summed E-state index contributed by atoms with van der Waals surface area (Å²) in [6.45, 7) is 0. The third kappa shape index (κ3) is 4.98. The predicted molar refractivity (Wildman–Crippen MR) is 128 cm³/mol. The summed E-state index contributed by atoms with van der Waals surface area (Å²) in [7, 11) is -2.83. The average Bonchev–Trinajstić information content (AvgIpc) is 3.09. The van der Waals surface area contributed by atoms with E-state index in [2.05, 4.69) is 26.0 Å². The predicted octanol–water partition coefficient (Wildman–Crippen LogP) is 5.48. The van der Waals surface area contributed by atoms with Crippen LogP contribution in [-0.4, -0.2) is 26.5 Å². The number of phenolic OH excluding ortho intramolecular Hbond substituents is 1. The van der Waals surface area contributed by atoms with Crippen LogP contribution < -0.4 is 14.8 Å². The molecule has 3 aromatic carbocycles. The largest absolute Gasteiger partial charge is 0.504 e. The summed E-state index contributed by atoms with van der Waals surface area (Å²) in [5, 5.41) is 13.1. The Morgan fingerprint density at radius 2 is 1.77 bits per heavy atom. The van der Waals surface area contributed by atoms with E-state index in [-0.39, 0.29) is 38.8 Å². The lowest BCUT2D eigenvalue weighted by Crippen LogP contribution is -2.13. The Labute approximate surface area is 206 Å². The maximum atomic E-state index is 12.9. The van der Waals surface area contributed by atoms with Crippen LogP contribution in [0.5, 0.6) is 11.5 Å². The van der Waals surface area contributed by atoms with Gasteiger partial charge < -0.3 is 15.2 Å². The van der Waals surface area contributed by atoms with Gasteiger partial charge >= 0.3 is 6.18 Å². The van der Waals surface area contributed by atoms with Gasteiger partial charge in [0.2, 0.25) is 0 Å². The number of amides is 1. The van der Waals surface area contributed by atoms with E-state index in [1.54, 1.807) is 6.07 Å². The minimum absolute atomic E-state index is 0.0605. The fraction of sp³-hybridized carbons (Fsp3) is 0.0870. The monoisotopic (exact) mass is 568 g/mol. The molecule has 1 heterocycles. The number of fused-ring (bicyclic) bond motifs is 1. The summed E-state index contributed by atoms with van der Waals surface area (Å²) in [4.78, 5) is 12.4. The molecule has 3 aromatic rings. The number of rotatable bonds is 5. The summed E-state index contributed by atoms with van der Waals surface area (Å²) in [6, 6.07) is 10.6. The normalized spacial score (nSPS) is 14.5. The second-order valence-corrected chi connectivity index (χ2v) is 10.0. The maximum absolute atomic E-state index is 12.9. The summed E-state index contributed by atoms with van der Waals surface area (Å²) in [5.41, 5.74) is 0.00612. The van der Waals surface area contributed by atoms with Crippen molar-refractivity contribution in [1.29, 1.82) is 0 Å². The van der Waals surface area contributed by atoms with E-state index < -0.39 is 27.7 Å². The van der Waals surface area contributed by atoms with Crippen molar-refractivity contribution >= 4 is 54.9 Å². The van der Waals surface area contributed by atoms with Gasteiger partial charge in [-0.3, -0.25) is 9.52 Å². The molecule has 1 aliphatic rings. The molecule has 0 atom stereocenters. The van der Waals surface area contributed by atoms with Crippen LogP contribution in [0.2, 0.25) is 0 Å². The number of benzene rings is 3. The second-order valence-electron chi connectivity index (χ2n) is 7.45. The Hall–Kier alpha value is -3.51. The molecular formula is C23H16BrF3N2O5S. The number of halogens is 4. The number of anilines is 2. The zero-order valence-corrected chi connectivity index (χ0v) is 20.2. The lowest BCUT2D eigenvalue weighted by atomic mass is 10.0. The Bertz CT molecular complexity index is 1470. The highest BCUT2D eigenvalue weighted by atomic mass is 79.9. The zero-order valence-electron chi connectivity index (χ0n) is 17.8. The van der Waals surface area contributed by atoms with Crippen LogP contribution in [0.15, 0.2) is 64.0 Å². The molecule has 7 nitrogen and oxygen atoms in total.